The number of nitrogens with zero attached hydrogens (tertiary/aromatic N) is 2. The molecule has 1 aliphatic carbocycles. The molecule has 0 amide bonds. The van der Waals surface area contributed by atoms with Crippen LogP contribution in [0.15, 0.2) is 0 Å². The summed E-state index contributed by atoms with van der Waals surface area (Å²) in [5.41, 5.74) is 0. The summed E-state index contributed by atoms with van der Waals surface area (Å²) in [4.78, 5) is 2.04. The maximum Gasteiger partial charge on any atom is 0.0876 e. The third kappa shape index (κ3) is 1.76. The van der Waals surface area contributed by atoms with Gasteiger partial charge in [0.15, 0.2) is 0 Å². The van der Waals surface area contributed by atoms with Crippen molar-refractivity contribution < 1.29 is 0 Å². The molecule has 0 saturated heterocycles. The van der Waals surface area contributed by atoms with E-state index in [-0.39, 0.29) is 0 Å². The molecule has 0 atom stereocenters. The van der Waals surface area contributed by atoms with Crippen molar-refractivity contribution in [1.29, 1.82) is 5.26 Å². The second kappa shape index (κ2) is 3.25. The molecule has 0 heterocycles. The van der Waals surface area contributed by atoms with E-state index < -0.39 is 0 Å². The molecule has 0 N–H and O–H groups in total. The summed E-state index contributed by atoms with van der Waals surface area (Å²) < 4.78 is 0. The van der Waals surface area contributed by atoms with Gasteiger partial charge in [0, 0.05) is 6.04 Å². The van der Waals surface area contributed by atoms with E-state index in [2.05, 4.69) is 12.0 Å². The van der Waals surface area contributed by atoms with E-state index in [1.165, 1.54) is 12.8 Å². The maximum absolute atomic E-state index is 8.38. The molecule has 1 saturated carbocycles. The Morgan fingerprint density at radius 3 is 2.60 bits per heavy atom. The fraction of sp³-hybridized carbons (Fsp3) is 0.625. The predicted octanol–water partition coefficient (Wildman–Crippen LogP) is 0.608. The molecule has 1 aliphatic rings. The molecule has 0 spiro atoms. The van der Waals surface area contributed by atoms with Crippen LogP contribution in [0.1, 0.15) is 12.8 Å². The fourth-order valence-electron chi connectivity index (χ4n) is 0.962. The van der Waals surface area contributed by atoms with E-state index in [1.54, 1.807) is 0 Å². The van der Waals surface area contributed by atoms with E-state index in [0.29, 0.717) is 19.1 Å². The van der Waals surface area contributed by atoms with Crippen LogP contribution in [0.2, 0.25) is 0 Å². The summed E-state index contributed by atoms with van der Waals surface area (Å²) in [6, 6.07) is 2.71. The summed E-state index contributed by atoms with van der Waals surface area (Å²) in [6.45, 7) is 1.10. The predicted molar refractivity (Wildman–Crippen MR) is 39.0 cm³/mol. The zero-order valence-electron chi connectivity index (χ0n) is 5.88. The first kappa shape index (κ1) is 7.12. The number of nitriles is 1. The number of hydrogen-bond donors (Lipinski definition) is 0. The Kier molecular flexibility index (Phi) is 2.31. The van der Waals surface area contributed by atoms with Gasteiger partial charge in [0.25, 0.3) is 0 Å². The Morgan fingerprint density at radius 2 is 2.20 bits per heavy atom. The van der Waals surface area contributed by atoms with Gasteiger partial charge in [0.2, 0.25) is 0 Å². The minimum Gasteiger partial charge on any atom is -0.276 e. The van der Waals surface area contributed by atoms with Crippen LogP contribution in [-0.4, -0.2) is 24.0 Å². The minimum atomic E-state index is 0.481. The van der Waals surface area contributed by atoms with E-state index in [9.17, 15) is 0 Å². The topological polar surface area (TPSA) is 27.0 Å². The van der Waals surface area contributed by atoms with Gasteiger partial charge in [0.05, 0.1) is 19.2 Å². The van der Waals surface area contributed by atoms with Gasteiger partial charge in [-0.15, -0.1) is 6.42 Å². The van der Waals surface area contributed by atoms with Crippen molar-refractivity contribution in [1.82, 2.24) is 4.90 Å². The van der Waals surface area contributed by atoms with Crippen LogP contribution in [0.5, 0.6) is 0 Å². The highest BCUT2D eigenvalue weighted by molar-refractivity contribution is 4.97. The van der Waals surface area contributed by atoms with Crippen molar-refractivity contribution in [2.75, 3.05) is 13.1 Å². The molecule has 0 bridgehead atoms. The zero-order chi connectivity index (χ0) is 7.40. The lowest BCUT2D eigenvalue weighted by atomic mass is 10.4. The van der Waals surface area contributed by atoms with E-state index in [1.807, 2.05) is 4.90 Å². The van der Waals surface area contributed by atoms with Gasteiger partial charge in [-0.2, -0.15) is 5.26 Å². The van der Waals surface area contributed by atoms with Crippen LogP contribution >= 0.6 is 0 Å². The highest BCUT2D eigenvalue weighted by Crippen LogP contribution is 2.25. The summed E-state index contributed by atoms with van der Waals surface area (Å²) in [7, 11) is 0. The number of rotatable bonds is 3. The van der Waals surface area contributed by atoms with Crippen molar-refractivity contribution in [2.45, 2.75) is 18.9 Å². The first-order chi connectivity index (χ1) is 4.88. The van der Waals surface area contributed by atoms with Crippen molar-refractivity contribution in [3.63, 3.8) is 0 Å². The van der Waals surface area contributed by atoms with Crippen molar-refractivity contribution in [3.8, 4) is 18.4 Å². The van der Waals surface area contributed by atoms with Crippen molar-refractivity contribution in [3.05, 3.63) is 0 Å². The van der Waals surface area contributed by atoms with E-state index in [4.69, 9.17) is 11.7 Å². The molecular weight excluding hydrogens is 124 g/mol. The number of hydrogen-bond acceptors (Lipinski definition) is 2. The Morgan fingerprint density at radius 1 is 1.50 bits per heavy atom. The highest BCUT2D eigenvalue weighted by atomic mass is 15.2. The van der Waals surface area contributed by atoms with E-state index in [0.717, 1.165) is 0 Å². The molecule has 0 aromatic heterocycles. The first-order valence-electron chi connectivity index (χ1n) is 3.43. The molecular formula is C8H10N2. The molecule has 0 aliphatic heterocycles. The van der Waals surface area contributed by atoms with Gasteiger partial charge < -0.3 is 0 Å². The quantitative estimate of drug-likeness (QED) is 0.417. The van der Waals surface area contributed by atoms with Crippen molar-refractivity contribution >= 4 is 0 Å². The SMILES string of the molecule is C#CCN(CC#N)C1CC1. The molecule has 0 radical (unpaired) electrons. The molecule has 0 aromatic rings. The third-order valence-electron chi connectivity index (χ3n) is 1.63. The Bertz CT molecular complexity index is 164. The Balaban J connectivity index is 2.29. The average Bonchev–Trinajstić information content (AvgIpc) is 2.69. The Labute approximate surface area is 61.4 Å². The van der Waals surface area contributed by atoms with E-state index >= 15 is 0 Å². The van der Waals surface area contributed by atoms with Gasteiger partial charge in [-0.05, 0) is 12.8 Å². The zero-order valence-corrected chi connectivity index (χ0v) is 5.88. The molecule has 52 valence electrons. The monoisotopic (exact) mass is 134 g/mol. The lowest BCUT2D eigenvalue weighted by molar-refractivity contribution is 0.333. The molecule has 1 rings (SSSR count). The second-order valence-electron chi connectivity index (χ2n) is 2.50. The molecule has 10 heavy (non-hydrogen) atoms. The lowest BCUT2D eigenvalue weighted by Crippen LogP contribution is -2.26. The smallest absolute Gasteiger partial charge is 0.0876 e. The normalized spacial score (nSPS) is 16.3. The number of terminal acetylenes is 1. The maximum atomic E-state index is 8.38. The third-order valence-corrected chi connectivity index (χ3v) is 1.63. The van der Waals surface area contributed by atoms with Crippen LogP contribution < -0.4 is 0 Å². The molecule has 2 nitrogen and oxygen atoms in total. The highest BCUT2D eigenvalue weighted by Gasteiger charge is 2.27. The van der Waals surface area contributed by atoms with Crippen LogP contribution in [0.3, 0.4) is 0 Å². The van der Waals surface area contributed by atoms with Gasteiger partial charge in [-0.25, -0.2) is 0 Å². The molecule has 1 fully saturated rings. The summed E-state index contributed by atoms with van der Waals surface area (Å²) >= 11 is 0. The van der Waals surface area contributed by atoms with Crippen LogP contribution in [0.25, 0.3) is 0 Å². The molecule has 2 heteroatoms. The van der Waals surface area contributed by atoms with Gasteiger partial charge in [-0.3, -0.25) is 4.90 Å². The summed E-state index contributed by atoms with van der Waals surface area (Å²) in [5.74, 6) is 2.55. The lowest BCUT2D eigenvalue weighted by Gasteiger charge is -2.13. The molecule has 0 unspecified atom stereocenters. The standard InChI is InChI=1S/C8H10N2/c1-2-6-10(7-5-9)8-3-4-8/h1,8H,3-4,6-7H2. The molecule has 0 aromatic carbocycles. The summed E-state index contributed by atoms with van der Waals surface area (Å²) in [5, 5.41) is 8.38. The van der Waals surface area contributed by atoms with Crippen molar-refractivity contribution in [2.24, 2.45) is 0 Å². The largest absolute Gasteiger partial charge is 0.276 e. The van der Waals surface area contributed by atoms with Crippen LogP contribution in [-0.2, 0) is 0 Å². The van der Waals surface area contributed by atoms with Crippen LogP contribution in [0.4, 0.5) is 0 Å². The second-order valence-corrected chi connectivity index (χ2v) is 2.50. The van der Waals surface area contributed by atoms with Gasteiger partial charge in [0.1, 0.15) is 0 Å². The first-order valence-corrected chi connectivity index (χ1v) is 3.43. The van der Waals surface area contributed by atoms with Gasteiger partial charge in [-0.1, -0.05) is 5.92 Å². The average molecular weight is 134 g/mol. The Hall–Kier alpha value is -0.990. The minimum absolute atomic E-state index is 0.481. The summed E-state index contributed by atoms with van der Waals surface area (Å²) in [6.07, 6.45) is 7.55. The van der Waals surface area contributed by atoms with Gasteiger partial charge >= 0.3 is 0 Å². The fourth-order valence-corrected chi connectivity index (χ4v) is 0.962. The van der Waals surface area contributed by atoms with Crippen LogP contribution in [0, 0.1) is 23.7 Å².